The van der Waals surface area contributed by atoms with Gasteiger partial charge in [-0.15, -0.1) is 23.5 Å². The van der Waals surface area contributed by atoms with Crippen molar-refractivity contribution in [2.45, 2.75) is 83.0 Å². The summed E-state index contributed by atoms with van der Waals surface area (Å²) in [4.78, 5) is 33.4. The predicted molar refractivity (Wildman–Crippen MR) is 161 cm³/mol. The molecule has 0 spiro atoms. The van der Waals surface area contributed by atoms with Gasteiger partial charge in [0.2, 0.25) is 0 Å². The van der Waals surface area contributed by atoms with Gasteiger partial charge in [-0.2, -0.15) is 0 Å². The standard InChI is InChI=1S/C23H34O6S3.C5H10O2/c1-4-7-19-20(9-8-18(16(3)24)23(19)26)29-12-6-13-32(27)15-17-14-30-22(31-17)11-10-21(25)28-5-2;1-3-5(6)7-4-2/h8-9,17,22,26H,4-7,10-15H2,1-3H3;3-4H2,1-2H3. The second-order valence-corrected chi connectivity index (χ2v) is 13.4. The van der Waals surface area contributed by atoms with Crippen LogP contribution < -0.4 is 4.74 Å². The Morgan fingerprint density at radius 2 is 1.77 bits per heavy atom. The van der Waals surface area contributed by atoms with Crippen LogP contribution in [0.2, 0.25) is 0 Å². The van der Waals surface area contributed by atoms with Gasteiger partial charge in [-0.1, -0.05) is 20.3 Å². The van der Waals surface area contributed by atoms with E-state index in [9.17, 15) is 23.7 Å². The fourth-order valence-corrected chi connectivity index (χ4v) is 8.84. The first-order valence-corrected chi connectivity index (χ1v) is 17.1. The van der Waals surface area contributed by atoms with Crippen molar-refractivity contribution >= 4 is 52.0 Å². The number of thioether (sulfide) groups is 2. The van der Waals surface area contributed by atoms with Gasteiger partial charge in [0.25, 0.3) is 0 Å². The fourth-order valence-electron chi connectivity index (χ4n) is 3.70. The van der Waals surface area contributed by atoms with Crippen LogP contribution in [0, 0.1) is 0 Å². The highest BCUT2D eigenvalue weighted by atomic mass is 32.2. The summed E-state index contributed by atoms with van der Waals surface area (Å²) in [7, 11) is -0.921. The van der Waals surface area contributed by atoms with E-state index >= 15 is 0 Å². The fraction of sp³-hybridized carbons (Fsp3) is 0.679. The normalized spacial score (nSPS) is 17.1. The molecule has 8 nitrogen and oxygen atoms in total. The number of rotatable bonds is 16. The van der Waals surface area contributed by atoms with Gasteiger partial charge in [0, 0.05) is 51.7 Å². The quantitative estimate of drug-likeness (QED) is 0.146. The number of carbonyl (C=O) groups is 3. The highest BCUT2D eigenvalue weighted by Crippen LogP contribution is 2.40. The first kappa shape index (κ1) is 35.3. The monoisotopic (exact) mass is 604 g/mol. The minimum Gasteiger partial charge on any atom is -0.507 e. The highest BCUT2D eigenvalue weighted by Gasteiger charge is 2.27. The summed E-state index contributed by atoms with van der Waals surface area (Å²) in [5, 5.41) is 10.8. The van der Waals surface area contributed by atoms with Crippen molar-refractivity contribution in [1.29, 1.82) is 0 Å². The molecule has 222 valence electrons. The molecule has 11 heteroatoms. The molecule has 0 aliphatic carbocycles. The number of aromatic hydroxyl groups is 1. The third-order valence-corrected chi connectivity index (χ3v) is 10.7. The topological polar surface area (TPSA) is 116 Å². The largest absolute Gasteiger partial charge is 0.507 e. The minimum atomic E-state index is -0.921. The zero-order chi connectivity index (χ0) is 29.2. The number of phenols is 1. The van der Waals surface area contributed by atoms with Crippen LogP contribution in [0.3, 0.4) is 0 Å². The third-order valence-electron chi connectivity index (χ3n) is 5.56. The maximum absolute atomic E-state index is 12.5. The van der Waals surface area contributed by atoms with Crippen molar-refractivity contribution in [3.05, 3.63) is 23.3 Å². The van der Waals surface area contributed by atoms with Gasteiger partial charge in [-0.3, -0.25) is 18.6 Å². The number of Topliss-reactive ketones (excluding diaryl/α,β-unsaturated/α-hetero) is 1. The molecule has 1 fully saturated rings. The van der Waals surface area contributed by atoms with Crippen LogP contribution in [0.4, 0.5) is 0 Å². The van der Waals surface area contributed by atoms with Gasteiger partial charge in [0.15, 0.2) is 5.78 Å². The van der Waals surface area contributed by atoms with E-state index in [1.165, 1.54) is 6.92 Å². The second-order valence-electron chi connectivity index (χ2n) is 8.78. The number of benzene rings is 1. The Morgan fingerprint density at radius 1 is 1.08 bits per heavy atom. The number of ether oxygens (including phenoxy) is 3. The van der Waals surface area contributed by atoms with Gasteiger partial charge < -0.3 is 19.3 Å². The predicted octanol–water partition coefficient (Wildman–Crippen LogP) is 5.54. The van der Waals surface area contributed by atoms with E-state index < -0.39 is 10.8 Å². The lowest BCUT2D eigenvalue weighted by atomic mass is 10.0. The number of carbonyl (C=O) groups excluding carboxylic acids is 3. The maximum Gasteiger partial charge on any atom is 0.305 e. The highest BCUT2D eigenvalue weighted by molar-refractivity contribution is 8.20. The average molecular weight is 605 g/mol. The smallest absolute Gasteiger partial charge is 0.305 e. The summed E-state index contributed by atoms with van der Waals surface area (Å²) in [5.41, 5.74) is 0.976. The summed E-state index contributed by atoms with van der Waals surface area (Å²) in [6, 6.07) is 3.33. The van der Waals surface area contributed by atoms with Crippen molar-refractivity contribution in [1.82, 2.24) is 0 Å². The first-order chi connectivity index (χ1) is 18.7. The molecule has 1 aromatic rings. The molecule has 0 radical (unpaired) electrons. The van der Waals surface area contributed by atoms with Crippen LogP contribution in [-0.4, -0.2) is 73.9 Å². The first-order valence-electron chi connectivity index (χ1n) is 13.6. The Morgan fingerprint density at radius 3 is 2.36 bits per heavy atom. The zero-order valence-corrected chi connectivity index (χ0v) is 26.3. The summed E-state index contributed by atoms with van der Waals surface area (Å²) in [5.74, 6) is 2.34. The molecular formula is C28H44O8S3. The molecule has 0 amide bonds. The van der Waals surface area contributed by atoms with Crippen LogP contribution in [0.15, 0.2) is 12.1 Å². The third kappa shape index (κ3) is 14.0. The molecule has 3 unspecified atom stereocenters. The van der Waals surface area contributed by atoms with Crippen LogP contribution in [0.5, 0.6) is 11.5 Å². The molecule has 1 saturated heterocycles. The molecule has 1 aliphatic rings. The number of ketones is 1. The molecule has 1 aromatic carbocycles. The minimum absolute atomic E-state index is 0.00805. The summed E-state index contributed by atoms with van der Waals surface area (Å²) < 4.78 is 28.2. The van der Waals surface area contributed by atoms with Crippen molar-refractivity contribution in [2.24, 2.45) is 0 Å². The number of hydrogen-bond donors (Lipinski definition) is 1. The second kappa shape index (κ2) is 20.2. The van der Waals surface area contributed by atoms with E-state index in [1.54, 1.807) is 26.0 Å². The Balaban J connectivity index is 0.000000956. The number of esters is 2. The lowest BCUT2D eigenvalue weighted by Crippen LogP contribution is -2.17. The molecule has 0 saturated carbocycles. The molecule has 0 bridgehead atoms. The van der Waals surface area contributed by atoms with Crippen molar-refractivity contribution in [3.8, 4) is 11.5 Å². The van der Waals surface area contributed by atoms with Crippen molar-refractivity contribution in [2.75, 3.05) is 37.1 Å². The van der Waals surface area contributed by atoms with E-state index in [0.29, 0.717) is 83.7 Å². The van der Waals surface area contributed by atoms with Gasteiger partial charge in [-0.05, 0) is 52.2 Å². The SMILES string of the molecule is CCCc1c(OCCCS(=O)CC2CSC(CCC(=O)OCC)S2)ccc(C(C)=O)c1O.CCOC(=O)CC. The van der Waals surface area contributed by atoms with E-state index in [0.717, 1.165) is 18.6 Å². The summed E-state index contributed by atoms with van der Waals surface area (Å²) in [6.45, 7) is 10.2. The Bertz CT molecular complexity index is 938. The lowest BCUT2D eigenvalue weighted by Gasteiger charge is -2.15. The molecule has 1 aliphatic heterocycles. The maximum atomic E-state index is 12.5. The van der Waals surface area contributed by atoms with Gasteiger partial charge >= 0.3 is 11.9 Å². The van der Waals surface area contributed by atoms with Gasteiger partial charge in [0.05, 0.1) is 30.0 Å². The summed E-state index contributed by atoms with van der Waals surface area (Å²) in [6.07, 6.45) is 3.82. The zero-order valence-electron chi connectivity index (χ0n) is 23.8. The van der Waals surface area contributed by atoms with Gasteiger partial charge in [0.1, 0.15) is 11.5 Å². The average Bonchev–Trinajstić information content (AvgIpc) is 3.34. The number of phenolic OH excluding ortho intramolecular Hbond substituents is 1. The van der Waals surface area contributed by atoms with E-state index in [2.05, 4.69) is 4.74 Å². The van der Waals surface area contributed by atoms with E-state index in [4.69, 9.17) is 9.47 Å². The Hall–Kier alpha value is -1.72. The van der Waals surface area contributed by atoms with Crippen LogP contribution in [0.1, 0.15) is 82.6 Å². The Kier molecular flexibility index (Phi) is 18.3. The Labute approximate surface area is 244 Å². The molecule has 1 N–H and O–H groups in total. The van der Waals surface area contributed by atoms with Crippen LogP contribution in [-0.2, 0) is 36.3 Å². The molecule has 1 heterocycles. The van der Waals surface area contributed by atoms with E-state index in [-0.39, 0.29) is 23.5 Å². The summed E-state index contributed by atoms with van der Waals surface area (Å²) >= 11 is 3.66. The molecular weight excluding hydrogens is 561 g/mol. The molecule has 3 atom stereocenters. The van der Waals surface area contributed by atoms with Crippen LogP contribution in [0.25, 0.3) is 0 Å². The molecule has 0 aromatic heterocycles. The van der Waals surface area contributed by atoms with Crippen molar-refractivity contribution in [3.63, 3.8) is 0 Å². The molecule has 2 rings (SSSR count). The van der Waals surface area contributed by atoms with E-state index in [1.807, 2.05) is 37.4 Å². The van der Waals surface area contributed by atoms with Crippen LogP contribution >= 0.6 is 23.5 Å². The lowest BCUT2D eigenvalue weighted by molar-refractivity contribution is -0.143. The van der Waals surface area contributed by atoms with Crippen molar-refractivity contribution < 1.29 is 37.9 Å². The molecule has 39 heavy (non-hydrogen) atoms. The van der Waals surface area contributed by atoms with Gasteiger partial charge in [-0.25, -0.2) is 0 Å². The number of hydrogen-bond acceptors (Lipinski definition) is 10.